The van der Waals surface area contributed by atoms with E-state index in [4.69, 9.17) is 5.73 Å². The summed E-state index contributed by atoms with van der Waals surface area (Å²) in [6.45, 7) is 1.19. The zero-order valence-electron chi connectivity index (χ0n) is 11.9. The molecular weight excluding hydrogens is 297 g/mol. The van der Waals surface area contributed by atoms with Crippen molar-refractivity contribution in [3.63, 3.8) is 0 Å². The first kappa shape index (κ1) is 16.5. The molecule has 1 aromatic carbocycles. The number of likely N-dealkylation sites (tertiary alicyclic amines) is 1. The smallest absolute Gasteiger partial charge is 0.369 e. The van der Waals surface area contributed by atoms with Gasteiger partial charge in [0.05, 0.1) is 12.1 Å². The van der Waals surface area contributed by atoms with Crippen LogP contribution >= 0.6 is 0 Å². The van der Waals surface area contributed by atoms with E-state index in [2.05, 4.69) is 0 Å². The largest absolute Gasteiger partial charge is 0.416 e. The number of benzene rings is 1. The van der Waals surface area contributed by atoms with Gasteiger partial charge in [0.25, 0.3) is 0 Å². The highest BCUT2D eigenvalue weighted by Gasteiger charge is 2.31. The van der Waals surface area contributed by atoms with E-state index in [1.807, 2.05) is 0 Å². The number of rotatable bonds is 4. The highest BCUT2D eigenvalue weighted by atomic mass is 19.4. The molecule has 2 rings (SSSR count). The van der Waals surface area contributed by atoms with Crippen LogP contribution in [0.15, 0.2) is 24.3 Å². The van der Waals surface area contributed by atoms with Crippen LogP contribution in [0.25, 0.3) is 0 Å². The Kier molecular flexibility index (Phi) is 4.85. The highest BCUT2D eigenvalue weighted by Crippen LogP contribution is 2.30. The fourth-order valence-electron chi connectivity index (χ4n) is 2.69. The summed E-state index contributed by atoms with van der Waals surface area (Å²) in [5.74, 6) is -0.963. The number of carbonyl (C=O) groups is 2. The van der Waals surface area contributed by atoms with Crippen molar-refractivity contribution in [3.8, 4) is 0 Å². The molecule has 1 fully saturated rings. The predicted molar refractivity (Wildman–Crippen MR) is 74.1 cm³/mol. The minimum absolute atomic E-state index is 0.0940. The first-order valence-corrected chi connectivity index (χ1v) is 6.99. The van der Waals surface area contributed by atoms with Crippen LogP contribution in [0.2, 0.25) is 0 Å². The van der Waals surface area contributed by atoms with E-state index in [1.54, 1.807) is 4.90 Å². The van der Waals surface area contributed by atoms with Crippen molar-refractivity contribution in [2.24, 2.45) is 11.7 Å². The average molecular weight is 314 g/mol. The standard InChI is InChI=1S/C15H17F3N2O2/c16-15(17,18)12-5-3-10(4-6-12)14(22)11-2-1-7-20(8-11)9-13(19)21/h3-6,11H,1-2,7-9H2,(H2,19,21)/t11-/m0/s1. The molecule has 0 aliphatic carbocycles. The Hall–Kier alpha value is -1.89. The van der Waals surface area contributed by atoms with Crippen LogP contribution in [0, 0.1) is 5.92 Å². The Labute approximate surface area is 126 Å². The number of carbonyl (C=O) groups excluding carboxylic acids is 2. The van der Waals surface area contributed by atoms with Crippen LogP contribution in [0.1, 0.15) is 28.8 Å². The minimum atomic E-state index is -4.41. The molecule has 1 aromatic rings. The van der Waals surface area contributed by atoms with Gasteiger partial charge in [0.15, 0.2) is 5.78 Å². The quantitative estimate of drug-likeness (QED) is 0.866. The summed E-state index contributed by atoms with van der Waals surface area (Å²) in [5, 5.41) is 0. The third-order valence-electron chi connectivity index (χ3n) is 3.75. The van der Waals surface area contributed by atoms with Gasteiger partial charge in [-0.2, -0.15) is 13.2 Å². The predicted octanol–water partition coefficient (Wildman–Crippen LogP) is 2.09. The van der Waals surface area contributed by atoms with Crippen molar-refractivity contribution in [1.29, 1.82) is 0 Å². The molecule has 1 heterocycles. The number of Topliss-reactive ketones (excluding diaryl/α,β-unsaturated/α-hetero) is 1. The third-order valence-corrected chi connectivity index (χ3v) is 3.75. The normalized spacial score (nSPS) is 19.9. The molecular formula is C15H17F3N2O2. The summed E-state index contributed by atoms with van der Waals surface area (Å²) in [6, 6.07) is 4.24. The minimum Gasteiger partial charge on any atom is -0.369 e. The van der Waals surface area contributed by atoms with Crippen molar-refractivity contribution in [2.45, 2.75) is 19.0 Å². The van der Waals surface area contributed by atoms with Crippen LogP contribution in [0.4, 0.5) is 13.2 Å². The molecule has 22 heavy (non-hydrogen) atoms. The molecule has 1 aliphatic rings. The van der Waals surface area contributed by atoms with Gasteiger partial charge >= 0.3 is 6.18 Å². The van der Waals surface area contributed by atoms with Crippen LogP contribution in [0.3, 0.4) is 0 Å². The van der Waals surface area contributed by atoms with Crippen molar-refractivity contribution in [2.75, 3.05) is 19.6 Å². The van der Waals surface area contributed by atoms with Gasteiger partial charge in [0, 0.05) is 18.0 Å². The van der Waals surface area contributed by atoms with Crippen molar-refractivity contribution < 1.29 is 22.8 Å². The van der Waals surface area contributed by atoms with Crippen molar-refractivity contribution >= 4 is 11.7 Å². The molecule has 0 unspecified atom stereocenters. The number of halogens is 3. The van der Waals surface area contributed by atoms with Gasteiger partial charge in [-0.05, 0) is 31.5 Å². The molecule has 1 atom stereocenters. The van der Waals surface area contributed by atoms with Crippen molar-refractivity contribution in [1.82, 2.24) is 4.90 Å². The number of alkyl halides is 3. The lowest BCUT2D eigenvalue weighted by atomic mass is 9.89. The van der Waals surface area contributed by atoms with Crippen LogP contribution in [-0.4, -0.2) is 36.2 Å². The molecule has 0 spiro atoms. The fraction of sp³-hybridized carbons (Fsp3) is 0.467. The third kappa shape index (κ3) is 4.07. The van der Waals surface area contributed by atoms with Gasteiger partial charge in [0.1, 0.15) is 0 Å². The maximum atomic E-state index is 12.5. The highest BCUT2D eigenvalue weighted by molar-refractivity contribution is 5.98. The van der Waals surface area contributed by atoms with E-state index < -0.39 is 17.6 Å². The average Bonchev–Trinajstić information content (AvgIpc) is 2.45. The van der Waals surface area contributed by atoms with Gasteiger partial charge in [-0.25, -0.2) is 0 Å². The molecule has 1 saturated heterocycles. The van der Waals surface area contributed by atoms with Crippen LogP contribution < -0.4 is 5.73 Å². The van der Waals surface area contributed by atoms with E-state index in [1.165, 1.54) is 12.1 Å². The Morgan fingerprint density at radius 3 is 2.41 bits per heavy atom. The molecule has 1 aliphatic heterocycles. The zero-order valence-corrected chi connectivity index (χ0v) is 11.9. The lowest BCUT2D eigenvalue weighted by Gasteiger charge is -2.31. The number of nitrogens with two attached hydrogens (primary N) is 1. The summed E-state index contributed by atoms with van der Waals surface area (Å²) < 4.78 is 37.5. The summed E-state index contributed by atoms with van der Waals surface area (Å²) in [5.41, 5.74) is 4.63. The Bertz CT molecular complexity index is 555. The van der Waals surface area contributed by atoms with E-state index in [0.29, 0.717) is 19.5 Å². The zero-order chi connectivity index (χ0) is 16.3. The number of amides is 1. The van der Waals surface area contributed by atoms with Gasteiger partial charge in [-0.1, -0.05) is 12.1 Å². The first-order chi connectivity index (χ1) is 10.3. The fourth-order valence-corrected chi connectivity index (χ4v) is 2.69. The number of hydrogen-bond donors (Lipinski definition) is 1. The Morgan fingerprint density at radius 1 is 1.23 bits per heavy atom. The van der Waals surface area contributed by atoms with Crippen LogP contribution in [-0.2, 0) is 11.0 Å². The number of piperidine rings is 1. The summed E-state index contributed by atoms with van der Waals surface area (Å²) in [7, 11) is 0. The van der Waals surface area contributed by atoms with E-state index >= 15 is 0 Å². The van der Waals surface area contributed by atoms with E-state index in [0.717, 1.165) is 18.6 Å². The number of ketones is 1. The first-order valence-electron chi connectivity index (χ1n) is 6.99. The van der Waals surface area contributed by atoms with Gasteiger partial charge in [-0.3, -0.25) is 14.5 Å². The van der Waals surface area contributed by atoms with Crippen molar-refractivity contribution in [3.05, 3.63) is 35.4 Å². The molecule has 0 saturated carbocycles. The molecule has 7 heteroatoms. The maximum absolute atomic E-state index is 12.5. The van der Waals surface area contributed by atoms with E-state index in [9.17, 15) is 22.8 Å². The molecule has 0 radical (unpaired) electrons. The lowest BCUT2D eigenvalue weighted by molar-refractivity contribution is -0.137. The molecule has 120 valence electrons. The molecule has 0 aromatic heterocycles. The lowest BCUT2D eigenvalue weighted by Crippen LogP contribution is -2.42. The number of nitrogens with zero attached hydrogens (tertiary/aromatic N) is 1. The van der Waals surface area contributed by atoms with E-state index in [-0.39, 0.29) is 23.8 Å². The summed E-state index contributed by atoms with van der Waals surface area (Å²) in [6.07, 6.45) is -3.00. The maximum Gasteiger partial charge on any atom is 0.416 e. The molecule has 1 amide bonds. The van der Waals surface area contributed by atoms with Gasteiger partial charge < -0.3 is 5.73 Å². The topological polar surface area (TPSA) is 63.4 Å². The molecule has 2 N–H and O–H groups in total. The second-order valence-electron chi connectivity index (χ2n) is 5.48. The monoisotopic (exact) mass is 314 g/mol. The summed E-state index contributed by atoms with van der Waals surface area (Å²) in [4.78, 5) is 25.1. The molecule has 0 bridgehead atoms. The SMILES string of the molecule is NC(=O)CN1CCC[C@H](C(=O)c2ccc(C(F)(F)F)cc2)C1. The summed E-state index contributed by atoms with van der Waals surface area (Å²) >= 11 is 0. The Balaban J connectivity index is 2.06. The number of primary amides is 1. The van der Waals surface area contributed by atoms with Gasteiger partial charge in [0.2, 0.25) is 5.91 Å². The van der Waals surface area contributed by atoms with Crippen LogP contribution in [0.5, 0.6) is 0 Å². The molecule has 4 nitrogen and oxygen atoms in total. The second kappa shape index (κ2) is 6.48. The second-order valence-corrected chi connectivity index (χ2v) is 5.48. The van der Waals surface area contributed by atoms with Gasteiger partial charge in [-0.15, -0.1) is 0 Å². The Morgan fingerprint density at radius 2 is 1.86 bits per heavy atom. The number of hydrogen-bond acceptors (Lipinski definition) is 3.